The molecule has 1 heterocycles. The molecule has 1 fully saturated rings. The molecule has 0 spiro atoms. The summed E-state index contributed by atoms with van der Waals surface area (Å²) >= 11 is 0. The smallest absolute Gasteiger partial charge is 0.286 e. The topological polar surface area (TPSA) is 84.5 Å². The average Bonchev–Trinajstić information content (AvgIpc) is 3.22. The Balaban J connectivity index is 1.37. The second-order valence-corrected chi connectivity index (χ2v) is 6.90. The SMILES string of the molecule is N#Cc1ccccc1OCc1ccc(C(=O)NCCCOC2CCCCC2)o1. The van der Waals surface area contributed by atoms with Crippen LogP contribution in [0.4, 0.5) is 0 Å². The van der Waals surface area contributed by atoms with Gasteiger partial charge in [0.2, 0.25) is 0 Å². The zero-order valence-corrected chi connectivity index (χ0v) is 16.0. The molecular formula is C22H26N2O4. The standard InChI is InChI=1S/C22H26N2O4/c23-15-17-7-4-5-10-20(17)27-16-19-11-12-21(28-19)22(25)24-13-6-14-26-18-8-2-1-3-9-18/h4-5,7,10-12,18H,1-3,6,8-9,13-14,16H2,(H,24,25). The van der Waals surface area contributed by atoms with Gasteiger partial charge in [0.1, 0.15) is 24.2 Å². The van der Waals surface area contributed by atoms with Crippen molar-refractivity contribution in [1.29, 1.82) is 5.26 Å². The van der Waals surface area contributed by atoms with Crippen molar-refractivity contribution in [3.63, 3.8) is 0 Å². The van der Waals surface area contributed by atoms with Gasteiger partial charge in [0.25, 0.3) is 5.91 Å². The fraction of sp³-hybridized carbons (Fsp3) is 0.455. The van der Waals surface area contributed by atoms with Crippen LogP contribution < -0.4 is 10.1 Å². The third kappa shape index (κ3) is 5.86. The lowest BCUT2D eigenvalue weighted by Crippen LogP contribution is -2.26. The van der Waals surface area contributed by atoms with E-state index in [1.165, 1.54) is 19.3 Å². The highest BCUT2D eigenvalue weighted by molar-refractivity contribution is 5.91. The fourth-order valence-corrected chi connectivity index (χ4v) is 3.25. The minimum Gasteiger partial charge on any atom is -0.484 e. The molecule has 1 aliphatic carbocycles. The summed E-state index contributed by atoms with van der Waals surface area (Å²) < 4.78 is 17.0. The van der Waals surface area contributed by atoms with Crippen molar-refractivity contribution >= 4 is 5.91 Å². The van der Waals surface area contributed by atoms with Crippen molar-refractivity contribution in [2.24, 2.45) is 0 Å². The first-order valence-electron chi connectivity index (χ1n) is 9.86. The molecule has 0 saturated heterocycles. The van der Waals surface area contributed by atoms with Crippen molar-refractivity contribution in [3.8, 4) is 11.8 Å². The molecule has 6 nitrogen and oxygen atoms in total. The third-order valence-electron chi connectivity index (χ3n) is 4.78. The van der Waals surface area contributed by atoms with Crippen LogP contribution >= 0.6 is 0 Å². The molecule has 3 rings (SSSR count). The lowest BCUT2D eigenvalue weighted by Gasteiger charge is -2.21. The Morgan fingerprint density at radius 2 is 2.00 bits per heavy atom. The number of amides is 1. The van der Waals surface area contributed by atoms with Gasteiger partial charge < -0.3 is 19.2 Å². The van der Waals surface area contributed by atoms with E-state index in [9.17, 15) is 4.79 Å². The van der Waals surface area contributed by atoms with Gasteiger partial charge in [0.05, 0.1) is 11.7 Å². The highest BCUT2D eigenvalue weighted by Crippen LogP contribution is 2.20. The quantitative estimate of drug-likeness (QED) is 0.657. The number of ether oxygens (including phenoxy) is 2. The minimum atomic E-state index is -0.249. The summed E-state index contributed by atoms with van der Waals surface area (Å²) in [5.41, 5.74) is 0.461. The average molecular weight is 382 g/mol. The molecule has 1 N–H and O–H groups in total. The van der Waals surface area contributed by atoms with E-state index < -0.39 is 0 Å². The molecule has 1 amide bonds. The van der Waals surface area contributed by atoms with Crippen LogP contribution in [0.25, 0.3) is 0 Å². The summed E-state index contributed by atoms with van der Waals surface area (Å²) in [6.07, 6.45) is 7.32. The van der Waals surface area contributed by atoms with Crippen molar-refractivity contribution in [2.75, 3.05) is 13.2 Å². The van der Waals surface area contributed by atoms with Gasteiger partial charge in [-0.25, -0.2) is 0 Å². The van der Waals surface area contributed by atoms with Crippen molar-refractivity contribution < 1.29 is 18.7 Å². The number of hydrogen-bond acceptors (Lipinski definition) is 5. The van der Waals surface area contributed by atoms with Crippen molar-refractivity contribution in [1.82, 2.24) is 5.32 Å². The van der Waals surface area contributed by atoms with E-state index in [-0.39, 0.29) is 18.3 Å². The van der Waals surface area contributed by atoms with Gasteiger partial charge >= 0.3 is 0 Å². The molecule has 1 aromatic carbocycles. The number of hydrogen-bond donors (Lipinski definition) is 1. The first-order chi connectivity index (χ1) is 13.8. The predicted molar refractivity (Wildman–Crippen MR) is 104 cm³/mol. The summed E-state index contributed by atoms with van der Waals surface area (Å²) in [5, 5.41) is 11.9. The number of nitrogens with zero attached hydrogens (tertiary/aromatic N) is 1. The van der Waals surface area contributed by atoms with Gasteiger partial charge in [-0.05, 0) is 43.5 Å². The Kier molecular flexibility index (Phi) is 7.51. The predicted octanol–water partition coefficient (Wildman–Crippen LogP) is 4.20. The van der Waals surface area contributed by atoms with Gasteiger partial charge in [-0.2, -0.15) is 5.26 Å². The van der Waals surface area contributed by atoms with Crippen molar-refractivity contribution in [3.05, 3.63) is 53.5 Å². The number of nitriles is 1. The molecule has 0 atom stereocenters. The summed E-state index contributed by atoms with van der Waals surface area (Å²) in [7, 11) is 0. The van der Waals surface area contributed by atoms with Crippen LogP contribution in [-0.4, -0.2) is 25.2 Å². The minimum absolute atomic E-state index is 0.154. The number of carbonyl (C=O) groups excluding carboxylic acids is 1. The molecule has 1 aromatic heterocycles. The Bertz CT molecular complexity index is 803. The van der Waals surface area contributed by atoms with Crippen LogP contribution in [-0.2, 0) is 11.3 Å². The van der Waals surface area contributed by atoms with Crippen LogP contribution in [0.3, 0.4) is 0 Å². The summed E-state index contributed by atoms with van der Waals surface area (Å²) in [6.45, 7) is 1.37. The highest BCUT2D eigenvalue weighted by Gasteiger charge is 2.14. The Hall–Kier alpha value is -2.78. The monoisotopic (exact) mass is 382 g/mol. The van der Waals surface area contributed by atoms with Crippen LogP contribution in [0, 0.1) is 11.3 Å². The number of para-hydroxylation sites is 1. The zero-order valence-electron chi connectivity index (χ0n) is 16.0. The Morgan fingerprint density at radius 1 is 1.18 bits per heavy atom. The second-order valence-electron chi connectivity index (χ2n) is 6.90. The molecule has 0 radical (unpaired) electrons. The van der Waals surface area contributed by atoms with E-state index in [0.717, 1.165) is 19.3 Å². The molecule has 28 heavy (non-hydrogen) atoms. The van der Waals surface area contributed by atoms with Crippen LogP contribution in [0.5, 0.6) is 5.75 Å². The van der Waals surface area contributed by atoms with E-state index in [1.54, 1.807) is 36.4 Å². The Morgan fingerprint density at radius 3 is 2.82 bits per heavy atom. The number of nitrogens with one attached hydrogen (secondary N) is 1. The van der Waals surface area contributed by atoms with Gasteiger partial charge in [0.15, 0.2) is 5.76 Å². The first kappa shape index (κ1) is 20.0. The van der Waals surface area contributed by atoms with Crippen molar-refractivity contribution in [2.45, 2.75) is 51.2 Å². The summed E-state index contributed by atoms with van der Waals surface area (Å²) in [4.78, 5) is 12.2. The lowest BCUT2D eigenvalue weighted by atomic mass is 9.98. The second kappa shape index (κ2) is 10.5. The number of benzene rings is 1. The summed E-state index contributed by atoms with van der Waals surface area (Å²) in [6, 6.07) is 12.4. The van der Waals surface area contributed by atoms with Crippen LogP contribution in [0.15, 0.2) is 40.8 Å². The number of rotatable bonds is 9. The maximum Gasteiger partial charge on any atom is 0.286 e. The number of furan rings is 1. The summed E-state index contributed by atoms with van der Waals surface area (Å²) in [5.74, 6) is 1.02. The van der Waals surface area contributed by atoms with Gasteiger partial charge in [-0.3, -0.25) is 4.79 Å². The van der Waals surface area contributed by atoms with Gasteiger partial charge in [-0.1, -0.05) is 31.4 Å². The largest absolute Gasteiger partial charge is 0.484 e. The van der Waals surface area contributed by atoms with Gasteiger partial charge in [-0.15, -0.1) is 0 Å². The first-order valence-corrected chi connectivity index (χ1v) is 9.86. The lowest BCUT2D eigenvalue weighted by molar-refractivity contribution is 0.0273. The van der Waals surface area contributed by atoms with E-state index in [4.69, 9.17) is 19.2 Å². The molecule has 148 valence electrons. The third-order valence-corrected chi connectivity index (χ3v) is 4.78. The van der Waals surface area contributed by atoms with E-state index in [1.807, 2.05) is 0 Å². The molecular weight excluding hydrogens is 356 g/mol. The van der Waals surface area contributed by atoms with E-state index in [2.05, 4.69) is 11.4 Å². The molecule has 0 bridgehead atoms. The molecule has 1 saturated carbocycles. The Labute approximate surface area is 165 Å². The molecule has 2 aromatic rings. The maximum atomic E-state index is 12.2. The van der Waals surface area contributed by atoms with Crippen LogP contribution in [0.1, 0.15) is 60.4 Å². The highest BCUT2D eigenvalue weighted by atomic mass is 16.5. The number of carbonyl (C=O) groups is 1. The maximum absolute atomic E-state index is 12.2. The fourth-order valence-electron chi connectivity index (χ4n) is 3.25. The van der Waals surface area contributed by atoms with Gasteiger partial charge in [0, 0.05) is 13.2 Å². The molecule has 0 unspecified atom stereocenters. The molecule has 6 heteroatoms. The molecule has 1 aliphatic rings. The van der Waals surface area contributed by atoms with E-state index >= 15 is 0 Å². The van der Waals surface area contributed by atoms with E-state index in [0.29, 0.717) is 36.3 Å². The molecule has 0 aliphatic heterocycles. The normalized spacial score (nSPS) is 14.4. The van der Waals surface area contributed by atoms with Crippen LogP contribution in [0.2, 0.25) is 0 Å². The zero-order chi connectivity index (χ0) is 19.6.